The van der Waals surface area contributed by atoms with Gasteiger partial charge in [-0.05, 0) is 42.7 Å². The third kappa shape index (κ3) is 3.70. The Labute approximate surface area is 162 Å². The molecule has 0 radical (unpaired) electrons. The third-order valence-electron chi connectivity index (χ3n) is 4.56. The lowest BCUT2D eigenvalue weighted by molar-refractivity contribution is 0.218. The Morgan fingerprint density at radius 2 is 1.58 bits per heavy atom. The zero-order valence-corrected chi connectivity index (χ0v) is 16.1. The van der Waals surface area contributed by atoms with Crippen LogP contribution in [0.2, 0.25) is 10.0 Å². The summed E-state index contributed by atoms with van der Waals surface area (Å²) in [7, 11) is 0. The van der Waals surface area contributed by atoms with Crippen molar-refractivity contribution >= 4 is 23.2 Å². The molecule has 26 heavy (non-hydrogen) atoms. The van der Waals surface area contributed by atoms with Gasteiger partial charge in [0.2, 0.25) is 0 Å². The number of benzene rings is 2. The summed E-state index contributed by atoms with van der Waals surface area (Å²) in [5.74, 6) is 0. The number of rotatable bonds is 4. The summed E-state index contributed by atoms with van der Waals surface area (Å²) in [6.45, 7) is 4.73. The summed E-state index contributed by atoms with van der Waals surface area (Å²) in [4.78, 5) is 12.3. The number of aromatic nitrogens is 1. The molecular formula is C21H19Cl2NO2. The van der Waals surface area contributed by atoms with E-state index in [0.717, 1.165) is 0 Å². The second-order valence-electron chi connectivity index (χ2n) is 6.34. The van der Waals surface area contributed by atoms with Gasteiger partial charge in [-0.2, -0.15) is 0 Å². The average Bonchev–Trinajstić information content (AvgIpc) is 2.59. The zero-order chi connectivity index (χ0) is 18.8. The lowest BCUT2D eigenvalue weighted by atomic mass is 10.0. The van der Waals surface area contributed by atoms with E-state index < -0.39 is 6.10 Å². The molecule has 0 saturated carbocycles. The Balaban J connectivity index is 2.02. The molecule has 134 valence electrons. The van der Waals surface area contributed by atoms with Crippen molar-refractivity contribution in [3.05, 3.63) is 103 Å². The van der Waals surface area contributed by atoms with Gasteiger partial charge in [0.25, 0.3) is 0 Å². The smallest absolute Gasteiger partial charge is 0.187 e. The highest BCUT2D eigenvalue weighted by Gasteiger charge is 2.20. The second-order valence-corrected chi connectivity index (χ2v) is 7.16. The molecule has 0 aliphatic rings. The van der Waals surface area contributed by atoms with Gasteiger partial charge in [0.1, 0.15) is 6.10 Å². The predicted octanol–water partition coefficient (Wildman–Crippen LogP) is 4.90. The zero-order valence-electron chi connectivity index (χ0n) is 14.5. The van der Waals surface area contributed by atoms with Crippen LogP contribution in [0.3, 0.4) is 0 Å². The monoisotopic (exact) mass is 387 g/mol. The van der Waals surface area contributed by atoms with Crippen molar-refractivity contribution in [1.29, 1.82) is 0 Å². The summed E-state index contributed by atoms with van der Waals surface area (Å²) >= 11 is 12.4. The molecule has 1 N–H and O–H groups in total. The number of pyridine rings is 1. The second kappa shape index (κ2) is 7.67. The number of hydrogen-bond acceptors (Lipinski definition) is 2. The summed E-state index contributed by atoms with van der Waals surface area (Å²) in [5.41, 5.74) is 3.88. The Morgan fingerprint density at radius 1 is 1.00 bits per heavy atom. The average molecular weight is 388 g/mol. The van der Waals surface area contributed by atoms with Crippen molar-refractivity contribution in [1.82, 2.24) is 4.57 Å². The molecule has 0 bridgehead atoms. The Hall–Kier alpha value is -2.07. The molecule has 2 aromatic carbocycles. The summed E-state index contributed by atoms with van der Waals surface area (Å²) < 4.78 is 1.89. The van der Waals surface area contributed by atoms with Gasteiger partial charge < -0.3 is 9.67 Å². The molecule has 0 amide bonds. The molecule has 0 saturated heterocycles. The highest BCUT2D eigenvalue weighted by molar-refractivity contribution is 6.36. The molecule has 0 aliphatic heterocycles. The summed E-state index contributed by atoms with van der Waals surface area (Å²) in [6, 6.07) is 12.6. The van der Waals surface area contributed by atoms with Gasteiger partial charge in [0, 0.05) is 46.2 Å². The van der Waals surface area contributed by atoms with Crippen LogP contribution in [0.4, 0.5) is 0 Å². The normalized spacial score (nSPS) is 12.2. The first-order chi connectivity index (χ1) is 12.4. The van der Waals surface area contributed by atoms with E-state index in [1.807, 2.05) is 10.6 Å². The van der Waals surface area contributed by atoms with Crippen LogP contribution in [0, 0.1) is 13.8 Å². The summed E-state index contributed by atoms with van der Waals surface area (Å²) in [5, 5.41) is 11.4. The van der Waals surface area contributed by atoms with Gasteiger partial charge in [-0.25, -0.2) is 0 Å². The van der Waals surface area contributed by atoms with Crippen molar-refractivity contribution in [2.45, 2.75) is 26.5 Å². The standard InChI is InChI=1S/C21H19Cl2NO2/c1-13-5-3-6-14(2)15(13)11-24-10-9-19(25)16(12-24)21(26)20-17(22)7-4-8-18(20)23/h3-10,12,21,26H,11H2,1-2H3. The van der Waals surface area contributed by atoms with E-state index in [1.54, 1.807) is 30.6 Å². The lowest BCUT2D eigenvalue weighted by Crippen LogP contribution is -2.17. The van der Waals surface area contributed by atoms with Crippen LogP contribution in [0.5, 0.6) is 0 Å². The fourth-order valence-corrected chi connectivity index (χ4v) is 3.66. The van der Waals surface area contributed by atoms with Crippen LogP contribution in [-0.4, -0.2) is 9.67 Å². The molecule has 3 nitrogen and oxygen atoms in total. The number of aryl methyl sites for hydroxylation is 2. The molecule has 1 unspecified atom stereocenters. The van der Waals surface area contributed by atoms with Gasteiger partial charge in [-0.15, -0.1) is 0 Å². The molecule has 3 rings (SSSR count). The minimum Gasteiger partial charge on any atom is -0.383 e. The maximum Gasteiger partial charge on any atom is 0.187 e. The molecule has 0 spiro atoms. The highest BCUT2D eigenvalue weighted by Crippen LogP contribution is 2.32. The fraction of sp³-hybridized carbons (Fsp3) is 0.190. The van der Waals surface area contributed by atoms with E-state index in [4.69, 9.17) is 23.2 Å². The van der Waals surface area contributed by atoms with E-state index in [-0.39, 0.29) is 11.0 Å². The molecule has 5 heteroatoms. The van der Waals surface area contributed by atoms with Crippen LogP contribution < -0.4 is 5.43 Å². The predicted molar refractivity (Wildman–Crippen MR) is 106 cm³/mol. The van der Waals surface area contributed by atoms with Crippen molar-refractivity contribution in [3.8, 4) is 0 Å². The Morgan fingerprint density at radius 3 is 2.19 bits per heavy atom. The molecule has 1 atom stereocenters. The number of hydrogen-bond donors (Lipinski definition) is 1. The van der Waals surface area contributed by atoms with Crippen molar-refractivity contribution in [2.24, 2.45) is 0 Å². The molecular weight excluding hydrogens is 369 g/mol. The van der Waals surface area contributed by atoms with Gasteiger partial charge in [-0.3, -0.25) is 4.79 Å². The number of aliphatic hydroxyl groups is 1. The van der Waals surface area contributed by atoms with Gasteiger partial charge >= 0.3 is 0 Å². The number of aliphatic hydroxyl groups excluding tert-OH is 1. The fourth-order valence-electron chi connectivity index (χ4n) is 3.06. The van der Waals surface area contributed by atoms with E-state index in [1.165, 1.54) is 22.8 Å². The number of halogens is 2. The maximum absolute atomic E-state index is 12.3. The Kier molecular flexibility index (Phi) is 5.52. The first-order valence-electron chi connectivity index (χ1n) is 8.25. The molecule has 1 aromatic heterocycles. The van der Waals surface area contributed by atoms with E-state index in [0.29, 0.717) is 22.2 Å². The van der Waals surface area contributed by atoms with E-state index in [2.05, 4.69) is 26.0 Å². The van der Waals surface area contributed by atoms with Crippen molar-refractivity contribution < 1.29 is 5.11 Å². The highest BCUT2D eigenvalue weighted by atomic mass is 35.5. The van der Waals surface area contributed by atoms with Gasteiger partial charge in [-0.1, -0.05) is 47.5 Å². The summed E-state index contributed by atoms with van der Waals surface area (Å²) in [6.07, 6.45) is 2.20. The molecule has 0 aliphatic carbocycles. The lowest BCUT2D eigenvalue weighted by Gasteiger charge is -2.17. The van der Waals surface area contributed by atoms with Crippen LogP contribution in [0.1, 0.15) is 33.9 Å². The third-order valence-corrected chi connectivity index (χ3v) is 5.22. The molecule has 1 heterocycles. The van der Waals surface area contributed by atoms with E-state index in [9.17, 15) is 9.90 Å². The quantitative estimate of drug-likeness (QED) is 0.691. The van der Waals surface area contributed by atoms with Gasteiger partial charge in [0.15, 0.2) is 5.43 Å². The molecule has 3 aromatic rings. The van der Waals surface area contributed by atoms with E-state index >= 15 is 0 Å². The topological polar surface area (TPSA) is 42.2 Å². The minimum absolute atomic E-state index is 0.244. The first kappa shape index (κ1) is 18.7. The molecule has 0 fully saturated rings. The first-order valence-corrected chi connectivity index (χ1v) is 9.01. The Bertz CT molecular complexity index is 971. The van der Waals surface area contributed by atoms with Crippen LogP contribution >= 0.6 is 23.2 Å². The minimum atomic E-state index is -1.19. The maximum atomic E-state index is 12.3. The van der Waals surface area contributed by atoms with Crippen LogP contribution in [0.15, 0.2) is 59.7 Å². The largest absolute Gasteiger partial charge is 0.383 e. The van der Waals surface area contributed by atoms with Crippen molar-refractivity contribution in [3.63, 3.8) is 0 Å². The van der Waals surface area contributed by atoms with Gasteiger partial charge in [0.05, 0.1) is 0 Å². The van der Waals surface area contributed by atoms with Crippen LogP contribution in [0.25, 0.3) is 0 Å². The number of nitrogens with zero attached hydrogens (tertiary/aromatic N) is 1. The van der Waals surface area contributed by atoms with Crippen molar-refractivity contribution in [2.75, 3.05) is 0 Å². The van der Waals surface area contributed by atoms with Crippen LogP contribution in [-0.2, 0) is 6.54 Å². The SMILES string of the molecule is Cc1cccc(C)c1Cn1ccc(=O)c(C(O)c2c(Cl)cccc2Cl)c1.